The van der Waals surface area contributed by atoms with E-state index < -0.39 is 5.69 Å². The van der Waals surface area contributed by atoms with Crippen molar-refractivity contribution >= 4 is 11.2 Å². The molecule has 3 rings (SSSR count). The molecule has 0 fully saturated rings. The molecule has 0 amide bonds. The van der Waals surface area contributed by atoms with Gasteiger partial charge < -0.3 is 9.40 Å². The van der Waals surface area contributed by atoms with E-state index in [0.717, 1.165) is 4.57 Å². The van der Waals surface area contributed by atoms with Crippen molar-refractivity contribution in [2.45, 2.75) is 6.54 Å². The van der Waals surface area contributed by atoms with Crippen molar-refractivity contribution in [3.8, 4) is 0 Å². The normalized spacial score (nSPS) is 11.2. The fraction of sp³-hybridized carbons (Fsp3) is 0.182. The van der Waals surface area contributed by atoms with E-state index in [1.165, 1.54) is 24.2 Å². The zero-order valence-corrected chi connectivity index (χ0v) is 9.58. The summed E-state index contributed by atoms with van der Waals surface area (Å²) in [6.07, 6.45) is 2.92. The number of nitrogens with zero attached hydrogens (tertiary/aromatic N) is 3. The van der Waals surface area contributed by atoms with Crippen molar-refractivity contribution in [2.24, 2.45) is 7.05 Å². The number of hydrogen-bond donors (Lipinski definition) is 1. The van der Waals surface area contributed by atoms with Crippen LogP contribution in [0.5, 0.6) is 0 Å². The van der Waals surface area contributed by atoms with Gasteiger partial charge in [-0.1, -0.05) is 0 Å². The predicted molar refractivity (Wildman–Crippen MR) is 63.4 cm³/mol. The Hall–Kier alpha value is -2.57. The minimum absolute atomic E-state index is 0.237. The molecular weight excluding hydrogens is 236 g/mol. The standard InChI is InChI=1S/C11H10N4O3/c1-14-10(16)8-9(13-6-12-8)15(11(14)17)5-7-3-2-4-18-7/h2-4,6H,5H2,1H3,(H,12,13). The van der Waals surface area contributed by atoms with E-state index in [-0.39, 0.29) is 12.1 Å². The van der Waals surface area contributed by atoms with E-state index in [2.05, 4.69) is 9.97 Å². The fourth-order valence-corrected chi connectivity index (χ4v) is 1.88. The number of hydrogen-bond acceptors (Lipinski definition) is 4. The molecule has 7 heteroatoms. The highest BCUT2D eigenvalue weighted by Crippen LogP contribution is 2.06. The first kappa shape index (κ1) is 10.6. The minimum atomic E-state index is -0.420. The summed E-state index contributed by atoms with van der Waals surface area (Å²) in [7, 11) is 1.43. The van der Waals surface area contributed by atoms with Gasteiger partial charge in [-0.05, 0) is 12.1 Å². The van der Waals surface area contributed by atoms with Gasteiger partial charge in [0.25, 0.3) is 5.56 Å². The van der Waals surface area contributed by atoms with Gasteiger partial charge in [0.15, 0.2) is 5.65 Å². The lowest BCUT2D eigenvalue weighted by Gasteiger charge is -2.06. The Morgan fingerprint density at radius 2 is 2.28 bits per heavy atom. The summed E-state index contributed by atoms with van der Waals surface area (Å²) < 4.78 is 7.64. The van der Waals surface area contributed by atoms with Crippen LogP contribution in [0.1, 0.15) is 5.76 Å². The van der Waals surface area contributed by atoms with E-state index in [4.69, 9.17) is 4.42 Å². The largest absolute Gasteiger partial charge is 0.467 e. The average Bonchev–Trinajstić information content (AvgIpc) is 3.02. The first-order chi connectivity index (χ1) is 8.68. The van der Waals surface area contributed by atoms with Crippen LogP contribution >= 0.6 is 0 Å². The van der Waals surface area contributed by atoms with Crippen LogP contribution in [0.15, 0.2) is 38.7 Å². The Balaban J connectivity index is 2.31. The van der Waals surface area contributed by atoms with Crippen molar-refractivity contribution in [2.75, 3.05) is 0 Å². The Kier molecular flexibility index (Phi) is 2.19. The maximum absolute atomic E-state index is 12.1. The van der Waals surface area contributed by atoms with E-state index in [0.29, 0.717) is 16.9 Å². The number of imidazole rings is 1. The van der Waals surface area contributed by atoms with Crippen LogP contribution in [0, 0.1) is 0 Å². The molecule has 3 aromatic rings. The molecule has 3 aromatic heterocycles. The average molecular weight is 246 g/mol. The number of aromatic amines is 1. The van der Waals surface area contributed by atoms with Crippen LogP contribution in [-0.4, -0.2) is 19.1 Å². The SMILES string of the molecule is Cn1c(=O)c2[nH]cnc2n(Cc2ccco2)c1=O. The van der Waals surface area contributed by atoms with Gasteiger partial charge in [-0.25, -0.2) is 9.78 Å². The Morgan fingerprint density at radius 1 is 1.44 bits per heavy atom. The van der Waals surface area contributed by atoms with Gasteiger partial charge in [-0.2, -0.15) is 0 Å². The van der Waals surface area contributed by atoms with Crippen LogP contribution in [-0.2, 0) is 13.6 Å². The van der Waals surface area contributed by atoms with Crippen LogP contribution in [0.2, 0.25) is 0 Å². The van der Waals surface area contributed by atoms with E-state index in [9.17, 15) is 9.59 Å². The molecule has 0 aliphatic rings. The number of aromatic nitrogens is 4. The molecule has 0 bridgehead atoms. The quantitative estimate of drug-likeness (QED) is 0.693. The summed E-state index contributed by atoms with van der Waals surface area (Å²) in [4.78, 5) is 30.6. The van der Waals surface area contributed by atoms with Crippen molar-refractivity contribution < 1.29 is 4.42 Å². The lowest BCUT2D eigenvalue weighted by Crippen LogP contribution is -2.38. The lowest BCUT2D eigenvalue weighted by atomic mass is 10.4. The van der Waals surface area contributed by atoms with Gasteiger partial charge in [0.2, 0.25) is 0 Å². The predicted octanol–water partition coefficient (Wildman–Crippen LogP) is 0.0646. The highest BCUT2D eigenvalue weighted by atomic mass is 16.3. The molecule has 18 heavy (non-hydrogen) atoms. The maximum Gasteiger partial charge on any atom is 0.332 e. The molecule has 0 aliphatic heterocycles. The van der Waals surface area contributed by atoms with Gasteiger partial charge in [-0.3, -0.25) is 13.9 Å². The molecule has 1 N–H and O–H groups in total. The molecule has 0 spiro atoms. The van der Waals surface area contributed by atoms with Crippen molar-refractivity contribution in [3.63, 3.8) is 0 Å². The fourth-order valence-electron chi connectivity index (χ4n) is 1.88. The molecule has 7 nitrogen and oxygen atoms in total. The maximum atomic E-state index is 12.1. The second kappa shape index (κ2) is 3.73. The van der Waals surface area contributed by atoms with Gasteiger partial charge >= 0.3 is 5.69 Å². The number of H-pyrrole nitrogens is 1. The third-order valence-corrected chi connectivity index (χ3v) is 2.81. The molecule has 3 heterocycles. The molecule has 0 saturated heterocycles. The van der Waals surface area contributed by atoms with Gasteiger partial charge in [0.05, 0.1) is 19.1 Å². The molecule has 0 aromatic carbocycles. The monoisotopic (exact) mass is 246 g/mol. The van der Waals surface area contributed by atoms with Crippen molar-refractivity contribution in [1.82, 2.24) is 19.1 Å². The summed E-state index contributed by atoms with van der Waals surface area (Å²) in [6, 6.07) is 3.50. The minimum Gasteiger partial charge on any atom is -0.467 e. The van der Waals surface area contributed by atoms with Gasteiger partial charge in [0, 0.05) is 7.05 Å². The summed E-state index contributed by atoms with van der Waals surface area (Å²) in [5.41, 5.74) is -0.164. The van der Waals surface area contributed by atoms with E-state index in [1.54, 1.807) is 12.1 Å². The van der Waals surface area contributed by atoms with Crippen molar-refractivity contribution in [1.29, 1.82) is 0 Å². The molecule has 0 unspecified atom stereocenters. The molecular formula is C11H10N4O3. The third kappa shape index (κ3) is 1.41. The first-order valence-electron chi connectivity index (χ1n) is 5.34. The zero-order valence-electron chi connectivity index (χ0n) is 9.58. The van der Waals surface area contributed by atoms with Crippen LogP contribution in [0.3, 0.4) is 0 Å². The third-order valence-electron chi connectivity index (χ3n) is 2.81. The number of fused-ring (bicyclic) bond motifs is 1. The van der Waals surface area contributed by atoms with E-state index in [1.807, 2.05) is 0 Å². The van der Waals surface area contributed by atoms with Crippen molar-refractivity contribution in [3.05, 3.63) is 51.3 Å². The van der Waals surface area contributed by atoms with Crippen LogP contribution < -0.4 is 11.2 Å². The second-order valence-corrected chi connectivity index (χ2v) is 3.91. The summed E-state index contributed by atoms with van der Waals surface area (Å²) >= 11 is 0. The topological polar surface area (TPSA) is 85.8 Å². The summed E-state index contributed by atoms with van der Waals surface area (Å²) in [5.74, 6) is 0.625. The Labute approximate surface area is 100 Å². The number of nitrogens with one attached hydrogen (secondary N) is 1. The molecule has 0 atom stereocenters. The smallest absolute Gasteiger partial charge is 0.332 e. The van der Waals surface area contributed by atoms with Crippen LogP contribution in [0.4, 0.5) is 0 Å². The van der Waals surface area contributed by atoms with Gasteiger partial charge in [0.1, 0.15) is 11.3 Å². The Bertz CT molecular complexity index is 807. The summed E-state index contributed by atoms with van der Waals surface area (Å²) in [6.45, 7) is 0.237. The highest BCUT2D eigenvalue weighted by molar-refractivity contribution is 5.68. The number of furan rings is 1. The van der Waals surface area contributed by atoms with Crippen LogP contribution in [0.25, 0.3) is 11.2 Å². The first-order valence-corrected chi connectivity index (χ1v) is 5.34. The highest BCUT2D eigenvalue weighted by Gasteiger charge is 2.13. The Morgan fingerprint density at radius 3 is 3.00 bits per heavy atom. The second-order valence-electron chi connectivity index (χ2n) is 3.91. The lowest BCUT2D eigenvalue weighted by molar-refractivity contribution is 0.486. The molecule has 0 saturated carbocycles. The number of rotatable bonds is 2. The molecule has 92 valence electrons. The molecule has 0 aliphatic carbocycles. The van der Waals surface area contributed by atoms with Gasteiger partial charge in [-0.15, -0.1) is 0 Å². The van der Waals surface area contributed by atoms with E-state index >= 15 is 0 Å². The zero-order chi connectivity index (χ0) is 12.7. The summed E-state index contributed by atoms with van der Waals surface area (Å²) in [5, 5.41) is 0. The molecule has 0 radical (unpaired) electrons.